The SMILES string of the molecule is CCCCCCC/C=C\C/C=C\CCCCCCCCCCCCCCCCOCC(COP(=O)(O)OCCN)OC(=O)CCCCCCCCCCCCCCCCCCCCC. The highest BCUT2D eigenvalue weighted by molar-refractivity contribution is 7.47. The Labute approximate surface area is 397 Å². The van der Waals surface area contributed by atoms with Crippen LogP contribution in [0.2, 0.25) is 0 Å². The quantitative estimate of drug-likeness (QED) is 0.0268. The molecule has 0 radical (unpaired) electrons. The summed E-state index contributed by atoms with van der Waals surface area (Å²) >= 11 is 0. The van der Waals surface area contributed by atoms with Crippen LogP contribution in [0.1, 0.15) is 284 Å². The molecule has 0 aliphatic heterocycles. The molecule has 0 saturated carbocycles. The molecule has 0 bridgehead atoms. The molecule has 0 heterocycles. The van der Waals surface area contributed by atoms with Gasteiger partial charge in [0.05, 0.1) is 19.8 Å². The third-order valence-electron chi connectivity index (χ3n) is 12.4. The first kappa shape index (κ1) is 63.0. The average molecular weight is 926 g/mol. The van der Waals surface area contributed by atoms with E-state index < -0.39 is 13.9 Å². The number of carbonyl (C=O) groups is 1. The summed E-state index contributed by atoms with van der Waals surface area (Å²) in [7, 11) is -4.28. The van der Waals surface area contributed by atoms with E-state index in [0.717, 1.165) is 38.5 Å². The van der Waals surface area contributed by atoms with Crippen molar-refractivity contribution in [1.82, 2.24) is 0 Å². The predicted molar refractivity (Wildman–Crippen MR) is 275 cm³/mol. The lowest BCUT2D eigenvalue weighted by molar-refractivity contribution is -0.154. The van der Waals surface area contributed by atoms with Gasteiger partial charge in [-0.2, -0.15) is 0 Å². The van der Waals surface area contributed by atoms with E-state index >= 15 is 0 Å². The molecule has 0 aliphatic rings. The number of hydrogen-bond acceptors (Lipinski definition) is 7. The van der Waals surface area contributed by atoms with Crippen molar-refractivity contribution >= 4 is 13.8 Å². The zero-order chi connectivity index (χ0) is 46.5. The van der Waals surface area contributed by atoms with Crippen LogP contribution in [-0.4, -0.2) is 49.9 Å². The molecule has 0 aromatic rings. The fourth-order valence-electron chi connectivity index (χ4n) is 8.27. The number of phosphoric ester groups is 1. The first-order valence-corrected chi connectivity index (χ1v) is 29.3. The zero-order valence-electron chi connectivity index (χ0n) is 42.5. The van der Waals surface area contributed by atoms with Crippen LogP contribution in [0, 0.1) is 0 Å². The van der Waals surface area contributed by atoms with Gasteiger partial charge in [-0.1, -0.05) is 256 Å². The highest BCUT2D eigenvalue weighted by Crippen LogP contribution is 2.43. The van der Waals surface area contributed by atoms with Gasteiger partial charge in [0, 0.05) is 19.6 Å². The highest BCUT2D eigenvalue weighted by Gasteiger charge is 2.25. The number of hydrogen-bond donors (Lipinski definition) is 2. The second kappa shape index (κ2) is 52.9. The van der Waals surface area contributed by atoms with Crippen molar-refractivity contribution in [3.63, 3.8) is 0 Å². The fraction of sp³-hybridized carbons (Fsp3) is 0.909. The van der Waals surface area contributed by atoms with E-state index in [1.807, 2.05) is 0 Å². The molecule has 0 aliphatic carbocycles. The standard InChI is InChI=1S/C55H108NO7P/c1-3-5-7-9-11-13-15-17-19-21-23-24-25-26-27-28-29-31-33-35-37-39-41-43-45-47-50-60-52-54(53-62-64(58,59)61-51-49-56)63-55(57)48-46-44-42-40-38-36-34-32-30-22-20-18-16-14-12-10-8-6-4-2/h15,17,21,23,54H,3-14,16,18-20,22,24-53,56H2,1-2H3,(H,58,59)/b17-15-,23-21-. The first-order valence-electron chi connectivity index (χ1n) is 27.8. The molecule has 0 amide bonds. The predicted octanol–water partition coefficient (Wildman–Crippen LogP) is 17.5. The van der Waals surface area contributed by atoms with Crippen LogP contribution in [0.4, 0.5) is 0 Å². The molecule has 380 valence electrons. The van der Waals surface area contributed by atoms with E-state index in [1.165, 1.54) is 225 Å². The van der Waals surface area contributed by atoms with Gasteiger partial charge in [-0.25, -0.2) is 4.57 Å². The number of rotatable bonds is 54. The normalized spacial score (nSPS) is 13.4. The lowest BCUT2D eigenvalue weighted by atomic mass is 10.0. The lowest BCUT2D eigenvalue weighted by Crippen LogP contribution is -2.28. The third-order valence-corrected chi connectivity index (χ3v) is 13.4. The minimum Gasteiger partial charge on any atom is -0.457 e. The number of allylic oxidation sites excluding steroid dienone is 4. The molecule has 0 rings (SSSR count). The minimum atomic E-state index is -4.28. The molecule has 9 heteroatoms. The van der Waals surface area contributed by atoms with E-state index in [0.29, 0.717) is 13.0 Å². The lowest BCUT2D eigenvalue weighted by Gasteiger charge is -2.20. The van der Waals surface area contributed by atoms with Crippen molar-refractivity contribution in [3.8, 4) is 0 Å². The number of unbranched alkanes of at least 4 members (excludes halogenated alkanes) is 37. The largest absolute Gasteiger partial charge is 0.472 e. The molecular formula is C55H108NO7P. The molecule has 8 nitrogen and oxygen atoms in total. The monoisotopic (exact) mass is 926 g/mol. The summed E-state index contributed by atoms with van der Waals surface area (Å²) in [6, 6.07) is 0. The Balaban J connectivity index is 3.85. The minimum absolute atomic E-state index is 0.0923. The summed E-state index contributed by atoms with van der Waals surface area (Å²) in [6.07, 6.45) is 62.2. The van der Waals surface area contributed by atoms with Crippen LogP contribution in [0.3, 0.4) is 0 Å². The maximum atomic E-state index is 12.7. The third kappa shape index (κ3) is 52.0. The van der Waals surface area contributed by atoms with Gasteiger partial charge in [-0.15, -0.1) is 0 Å². The summed E-state index contributed by atoms with van der Waals surface area (Å²) in [5.41, 5.74) is 5.40. The Morgan fingerprint density at radius 1 is 0.469 bits per heavy atom. The van der Waals surface area contributed by atoms with Crippen LogP contribution in [0.15, 0.2) is 24.3 Å². The van der Waals surface area contributed by atoms with Crippen molar-refractivity contribution in [2.45, 2.75) is 290 Å². The Kier molecular flexibility index (Phi) is 52.1. The van der Waals surface area contributed by atoms with Crippen molar-refractivity contribution in [2.24, 2.45) is 5.73 Å². The smallest absolute Gasteiger partial charge is 0.457 e. The molecule has 2 unspecified atom stereocenters. The average Bonchev–Trinajstić information content (AvgIpc) is 3.29. The van der Waals surface area contributed by atoms with Gasteiger partial charge in [0.25, 0.3) is 0 Å². The molecule has 0 aromatic heterocycles. The molecule has 0 saturated heterocycles. The van der Waals surface area contributed by atoms with Crippen molar-refractivity contribution < 1.29 is 32.8 Å². The van der Waals surface area contributed by atoms with Crippen LogP contribution >= 0.6 is 7.82 Å². The Hall–Kier alpha value is -1.02. The Morgan fingerprint density at radius 3 is 1.22 bits per heavy atom. The second-order valence-corrected chi connectivity index (χ2v) is 20.3. The van der Waals surface area contributed by atoms with E-state index in [-0.39, 0.29) is 32.3 Å². The summed E-state index contributed by atoms with van der Waals surface area (Å²) < 4.78 is 33.7. The molecular weight excluding hydrogens is 818 g/mol. The van der Waals surface area contributed by atoms with Gasteiger partial charge in [0.1, 0.15) is 6.10 Å². The number of esters is 1. The van der Waals surface area contributed by atoms with Gasteiger partial charge < -0.3 is 20.1 Å². The maximum absolute atomic E-state index is 12.7. The van der Waals surface area contributed by atoms with Crippen LogP contribution < -0.4 is 5.73 Å². The molecule has 3 N–H and O–H groups in total. The molecule has 0 spiro atoms. The van der Waals surface area contributed by atoms with E-state index in [1.54, 1.807) is 0 Å². The second-order valence-electron chi connectivity index (χ2n) is 18.8. The van der Waals surface area contributed by atoms with Crippen LogP contribution in [-0.2, 0) is 27.9 Å². The van der Waals surface area contributed by atoms with Gasteiger partial charge in [-0.3, -0.25) is 13.8 Å². The van der Waals surface area contributed by atoms with Gasteiger partial charge in [-0.05, 0) is 44.9 Å². The summed E-state index contributed by atoms with van der Waals surface area (Å²) in [4.78, 5) is 22.6. The molecule has 0 fully saturated rings. The van der Waals surface area contributed by atoms with Gasteiger partial charge in [0.15, 0.2) is 0 Å². The number of carbonyl (C=O) groups excluding carboxylic acids is 1. The fourth-order valence-corrected chi connectivity index (χ4v) is 9.03. The van der Waals surface area contributed by atoms with Gasteiger partial charge >= 0.3 is 13.8 Å². The summed E-state index contributed by atoms with van der Waals surface area (Å²) in [5.74, 6) is -0.323. The Morgan fingerprint density at radius 2 is 0.828 bits per heavy atom. The van der Waals surface area contributed by atoms with Crippen LogP contribution in [0.5, 0.6) is 0 Å². The van der Waals surface area contributed by atoms with Gasteiger partial charge in [0.2, 0.25) is 0 Å². The number of nitrogens with two attached hydrogens (primary N) is 1. The zero-order valence-corrected chi connectivity index (χ0v) is 43.4. The highest BCUT2D eigenvalue weighted by atomic mass is 31.2. The number of ether oxygens (including phenoxy) is 2. The van der Waals surface area contributed by atoms with E-state index in [4.69, 9.17) is 24.3 Å². The summed E-state index contributed by atoms with van der Waals surface area (Å²) in [6.45, 7) is 4.98. The van der Waals surface area contributed by atoms with Crippen molar-refractivity contribution in [1.29, 1.82) is 0 Å². The van der Waals surface area contributed by atoms with Crippen molar-refractivity contribution in [3.05, 3.63) is 24.3 Å². The van der Waals surface area contributed by atoms with E-state index in [2.05, 4.69) is 38.2 Å². The molecule has 2 atom stereocenters. The van der Waals surface area contributed by atoms with Crippen LogP contribution in [0.25, 0.3) is 0 Å². The maximum Gasteiger partial charge on any atom is 0.472 e. The summed E-state index contributed by atoms with van der Waals surface area (Å²) in [5, 5.41) is 0. The van der Waals surface area contributed by atoms with Crippen molar-refractivity contribution in [2.75, 3.05) is 33.0 Å². The van der Waals surface area contributed by atoms with E-state index in [9.17, 15) is 14.3 Å². The number of phosphoric acid groups is 1. The topological polar surface area (TPSA) is 117 Å². The molecule has 0 aromatic carbocycles. The first-order chi connectivity index (χ1) is 31.4. The molecule has 64 heavy (non-hydrogen) atoms. The Bertz CT molecular complexity index is 1040.